The molecule has 4 heteroatoms. The van der Waals surface area contributed by atoms with Gasteiger partial charge in [-0.3, -0.25) is 4.79 Å². The Morgan fingerprint density at radius 3 is 2.16 bits per heavy atom. The Bertz CT molecular complexity index is 490. The normalized spacial score (nSPS) is 11.5. The van der Waals surface area contributed by atoms with Crippen LogP contribution in [0.3, 0.4) is 0 Å². The molecule has 0 amide bonds. The first-order valence-corrected chi connectivity index (χ1v) is 6.98. The van der Waals surface area contributed by atoms with Crippen molar-refractivity contribution in [2.24, 2.45) is 5.41 Å². The van der Waals surface area contributed by atoms with Gasteiger partial charge in [0.2, 0.25) is 0 Å². The van der Waals surface area contributed by atoms with Crippen molar-refractivity contribution in [3.63, 3.8) is 0 Å². The number of carbonyl (C=O) groups is 1. The maximum atomic E-state index is 11.3. The first kappa shape index (κ1) is 16.0. The van der Waals surface area contributed by atoms with Gasteiger partial charge in [0.25, 0.3) is 0 Å². The Morgan fingerprint density at radius 1 is 1.21 bits per heavy atom. The number of aliphatic carboxylic acids is 1. The molecule has 0 saturated carbocycles. The summed E-state index contributed by atoms with van der Waals surface area (Å²) in [5.41, 5.74) is 3.51. The van der Waals surface area contributed by atoms with Gasteiger partial charge >= 0.3 is 5.97 Å². The van der Waals surface area contributed by atoms with E-state index < -0.39 is 11.4 Å². The van der Waals surface area contributed by atoms with E-state index in [2.05, 4.69) is 15.9 Å². The molecule has 0 atom stereocenters. The average Bonchev–Trinajstić information content (AvgIpc) is 2.33. The molecule has 0 heterocycles. The number of ether oxygens (including phenoxy) is 1. The standard InChI is InChI=1S/C15H21BrO3/c1-8-9(2)13(19-6)12(16)10(3)11(8)7-15(4,5)14(17)18/h7H2,1-6H3,(H,17,18). The van der Waals surface area contributed by atoms with Gasteiger partial charge in [-0.25, -0.2) is 0 Å². The number of rotatable bonds is 4. The smallest absolute Gasteiger partial charge is 0.309 e. The maximum Gasteiger partial charge on any atom is 0.309 e. The molecule has 1 aromatic carbocycles. The lowest BCUT2D eigenvalue weighted by molar-refractivity contribution is -0.146. The van der Waals surface area contributed by atoms with Crippen molar-refractivity contribution in [2.75, 3.05) is 7.11 Å². The highest BCUT2D eigenvalue weighted by molar-refractivity contribution is 9.10. The van der Waals surface area contributed by atoms with E-state index in [1.807, 2.05) is 20.8 Å². The lowest BCUT2D eigenvalue weighted by Gasteiger charge is -2.24. The van der Waals surface area contributed by atoms with Crippen LogP contribution in [0, 0.1) is 26.2 Å². The van der Waals surface area contributed by atoms with Crippen LogP contribution in [0.15, 0.2) is 4.47 Å². The van der Waals surface area contributed by atoms with Gasteiger partial charge in [0, 0.05) is 0 Å². The molecule has 1 aromatic rings. The van der Waals surface area contributed by atoms with Crippen molar-refractivity contribution in [1.82, 2.24) is 0 Å². The first-order chi connectivity index (χ1) is 8.63. The Morgan fingerprint density at radius 2 is 1.74 bits per heavy atom. The van der Waals surface area contributed by atoms with Crippen LogP contribution in [0.25, 0.3) is 0 Å². The minimum absolute atomic E-state index is 0.503. The highest BCUT2D eigenvalue weighted by Gasteiger charge is 2.30. The molecule has 0 aromatic heterocycles. The third kappa shape index (κ3) is 2.94. The quantitative estimate of drug-likeness (QED) is 0.907. The van der Waals surface area contributed by atoms with Crippen molar-refractivity contribution in [2.45, 2.75) is 41.0 Å². The number of hydrogen-bond donors (Lipinski definition) is 1. The molecule has 106 valence electrons. The van der Waals surface area contributed by atoms with Crippen molar-refractivity contribution in [3.05, 3.63) is 26.7 Å². The number of halogens is 1. The molecule has 0 radical (unpaired) electrons. The molecule has 0 bridgehead atoms. The molecule has 1 rings (SSSR count). The van der Waals surface area contributed by atoms with Crippen LogP contribution in [0.2, 0.25) is 0 Å². The molecular formula is C15H21BrO3. The van der Waals surface area contributed by atoms with E-state index in [0.717, 1.165) is 32.5 Å². The van der Waals surface area contributed by atoms with E-state index in [1.54, 1.807) is 21.0 Å². The molecule has 0 fully saturated rings. The Balaban J connectivity index is 3.42. The van der Waals surface area contributed by atoms with Crippen LogP contribution in [-0.4, -0.2) is 18.2 Å². The molecular weight excluding hydrogens is 308 g/mol. The summed E-state index contributed by atoms with van der Waals surface area (Å²) in [6.07, 6.45) is 0.503. The third-order valence-electron chi connectivity index (χ3n) is 3.74. The summed E-state index contributed by atoms with van der Waals surface area (Å²) in [5.74, 6) is 0.0442. The summed E-state index contributed by atoms with van der Waals surface area (Å²) in [4.78, 5) is 11.3. The van der Waals surface area contributed by atoms with E-state index in [9.17, 15) is 9.90 Å². The van der Waals surface area contributed by atoms with E-state index in [4.69, 9.17) is 4.74 Å². The second kappa shape index (κ2) is 5.53. The molecule has 0 aliphatic carbocycles. The topological polar surface area (TPSA) is 46.5 Å². The van der Waals surface area contributed by atoms with Crippen LogP contribution in [0.1, 0.15) is 36.1 Å². The average molecular weight is 329 g/mol. The summed E-state index contributed by atoms with van der Waals surface area (Å²) in [7, 11) is 1.65. The molecule has 1 N–H and O–H groups in total. The van der Waals surface area contributed by atoms with Gasteiger partial charge in [0.1, 0.15) is 5.75 Å². The number of carboxylic acid groups (broad SMARTS) is 1. The second-order valence-corrected chi connectivity index (χ2v) is 6.36. The molecule has 0 spiro atoms. The minimum Gasteiger partial charge on any atom is -0.495 e. The monoisotopic (exact) mass is 328 g/mol. The van der Waals surface area contributed by atoms with Crippen LogP contribution < -0.4 is 4.74 Å². The zero-order valence-electron chi connectivity index (χ0n) is 12.3. The highest BCUT2D eigenvalue weighted by atomic mass is 79.9. The summed E-state index contributed by atoms with van der Waals surface area (Å²) in [6.45, 7) is 9.51. The second-order valence-electron chi connectivity index (χ2n) is 5.57. The Labute approximate surface area is 123 Å². The van der Waals surface area contributed by atoms with E-state index in [0.29, 0.717) is 6.42 Å². The van der Waals surface area contributed by atoms with Gasteiger partial charge in [-0.05, 0) is 79.2 Å². The zero-order valence-corrected chi connectivity index (χ0v) is 13.9. The van der Waals surface area contributed by atoms with Crippen molar-refractivity contribution >= 4 is 21.9 Å². The van der Waals surface area contributed by atoms with E-state index in [-0.39, 0.29) is 0 Å². The molecule has 0 unspecified atom stereocenters. The van der Waals surface area contributed by atoms with Crippen LogP contribution in [-0.2, 0) is 11.2 Å². The molecule has 0 aliphatic heterocycles. The predicted molar refractivity (Wildman–Crippen MR) is 80.0 cm³/mol. The predicted octanol–water partition coefficient (Wildman–Crippen LogP) is 4.04. The molecule has 0 saturated heterocycles. The Hall–Kier alpha value is -1.03. The number of carboxylic acids is 1. The van der Waals surface area contributed by atoms with Gasteiger partial charge in [-0.15, -0.1) is 0 Å². The van der Waals surface area contributed by atoms with Gasteiger partial charge in [-0.2, -0.15) is 0 Å². The lowest BCUT2D eigenvalue weighted by Crippen LogP contribution is -2.27. The fourth-order valence-electron chi connectivity index (χ4n) is 2.17. The summed E-state index contributed by atoms with van der Waals surface area (Å²) >= 11 is 3.55. The summed E-state index contributed by atoms with van der Waals surface area (Å²) < 4.78 is 6.32. The maximum absolute atomic E-state index is 11.3. The van der Waals surface area contributed by atoms with Crippen molar-refractivity contribution < 1.29 is 14.6 Å². The SMILES string of the molecule is COc1c(C)c(C)c(CC(C)(C)C(=O)O)c(C)c1Br. The van der Waals surface area contributed by atoms with Gasteiger partial charge in [0.05, 0.1) is 17.0 Å². The van der Waals surface area contributed by atoms with Crippen molar-refractivity contribution in [3.8, 4) is 5.75 Å². The number of benzene rings is 1. The highest BCUT2D eigenvalue weighted by Crippen LogP contribution is 2.39. The van der Waals surface area contributed by atoms with E-state index in [1.165, 1.54) is 0 Å². The lowest BCUT2D eigenvalue weighted by atomic mass is 9.82. The van der Waals surface area contributed by atoms with Crippen molar-refractivity contribution in [1.29, 1.82) is 0 Å². The van der Waals surface area contributed by atoms with Crippen LogP contribution >= 0.6 is 15.9 Å². The molecule has 3 nitrogen and oxygen atoms in total. The molecule has 0 aliphatic rings. The van der Waals surface area contributed by atoms with Crippen LogP contribution in [0.4, 0.5) is 0 Å². The van der Waals surface area contributed by atoms with Gasteiger partial charge in [-0.1, -0.05) is 0 Å². The summed E-state index contributed by atoms with van der Waals surface area (Å²) in [6, 6.07) is 0. The fraction of sp³-hybridized carbons (Fsp3) is 0.533. The first-order valence-electron chi connectivity index (χ1n) is 6.19. The third-order valence-corrected chi connectivity index (χ3v) is 4.69. The minimum atomic E-state index is -0.782. The Kier molecular flexibility index (Phi) is 4.67. The summed E-state index contributed by atoms with van der Waals surface area (Å²) in [5, 5.41) is 9.29. The van der Waals surface area contributed by atoms with Gasteiger partial charge < -0.3 is 9.84 Å². The number of hydrogen-bond acceptors (Lipinski definition) is 2. The zero-order chi connectivity index (χ0) is 15.0. The van der Waals surface area contributed by atoms with E-state index >= 15 is 0 Å². The molecule has 19 heavy (non-hydrogen) atoms. The van der Waals surface area contributed by atoms with Crippen LogP contribution in [0.5, 0.6) is 5.75 Å². The largest absolute Gasteiger partial charge is 0.495 e. The number of methoxy groups -OCH3 is 1. The van der Waals surface area contributed by atoms with Gasteiger partial charge in [0.15, 0.2) is 0 Å². The fourth-order valence-corrected chi connectivity index (χ4v) is 2.87.